The Hall–Kier alpha value is -2.47. The molecule has 0 fully saturated rings. The smallest absolute Gasteiger partial charge is 0.341 e. The first-order valence-electron chi connectivity index (χ1n) is 8.18. The van der Waals surface area contributed by atoms with Crippen molar-refractivity contribution in [3.8, 4) is 0 Å². The average Bonchev–Trinajstić information content (AvgIpc) is 3.10. The second kappa shape index (κ2) is 7.19. The van der Waals surface area contributed by atoms with Gasteiger partial charge in [0.2, 0.25) is 0 Å². The zero-order chi connectivity index (χ0) is 18.0. The SMILES string of the molecule is CCOC(=O)c1cnc2c(C)c(C)ccc2c1N(C)Cc1nccs1. The lowest BCUT2D eigenvalue weighted by Gasteiger charge is -2.23. The van der Waals surface area contributed by atoms with Crippen LogP contribution < -0.4 is 4.90 Å². The van der Waals surface area contributed by atoms with E-state index in [0.29, 0.717) is 18.7 Å². The van der Waals surface area contributed by atoms with E-state index in [2.05, 4.69) is 29.9 Å². The largest absolute Gasteiger partial charge is 0.462 e. The molecule has 0 saturated carbocycles. The number of fused-ring (bicyclic) bond motifs is 1. The summed E-state index contributed by atoms with van der Waals surface area (Å²) in [4.78, 5) is 23.4. The molecule has 0 N–H and O–H groups in total. The average molecular weight is 355 g/mol. The highest BCUT2D eigenvalue weighted by molar-refractivity contribution is 7.09. The van der Waals surface area contributed by atoms with Crippen molar-refractivity contribution in [3.05, 3.63) is 51.6 Å². The second-order valence-corrected chi connectivity index (χ2v) is 6.91. The lowest BCUT2D eigenvalue weighted by Crippen LogP contribution is -2.21. The van der Waals surface area contributed by atoms with Crippen LogP contribution in [0.5, 0.6) is 0 Å². The van der Waals surface area contributed by atoms with Crippen molar-refractivity contribution in [1.29, 1.82) is 0 Å². The highest BCUT2D eigenvalue weighted by atomic mass is 32.1. The fraction of sp³-hybridized carbons (Fsp3) is 0.316. The molecule has 130 valence electrons. The molecule has 1 aromatic carbocycles. The predicted molar refractivity (Wildman–Crippen MR) is 101 cm³/mol. The molecule has 0 amide bonds. The summed E-state index contributed by atoms with van der Waals surface area (Å²) in [5, 5.41) is 3.90. The number of thiazole rings is 1. The number of hydrogen-bond donors (Lipinski definition) is 0. The number of nitrogens with zero attached hydrogens (tertiary/aromatic N) is 3. The van der Waals surface area contributed by atoms with Gasteiger partial charge >= 0.3 is 5.97 Å². The van der Waals surface area contributed by atoms with Gasteiger partial charge in [0.25, 0.3) is 0 Å². The molecule has 25 heavy (non-hydrogen) atoms. The van der Waals surface area contributed by atoms with Gasteiger partial charge in [0, 0.05) is 30.2 Å². The fourth-order valence-electron chi connectivity index (χ4n) is 2.88. The highest BCUT2D eigenvalue weighted by Gasteiger charge is 2.21. The molecule has 2 aromatic heterocycles. The third-order valence-electron chi connectivity index (χ3n) is 4.27. The molecule has 0 aliphatic heterocycles. The number of ether oxygens (including phenoxy) is 1. The van der Waals surface area contributed by atoms with Crippen LogP contribution in [-0.4, -0.2) is 29.6 Å². The summed E-state index contributed by atoms with van der Waals surface area (Å²) in [6, 6.07) is 4.09. The number of esters is 1. The van der Waals surface area contributed by atoms with E-state index in [-0.39, 0.29) is 5.97 Å². The molecule has 0 aliphatic rings. The van der Waals surface area contributed by atoms with Crippen LogP contribution in [0.2, 0.25) is 0 Å². The van der Waals surface area contributed by atoms with E-state index in [1.165, 1.54) is 5.56 Å². The Kier molecular flexibility index (Phi) is 4.99. The number of pyridine rings is 1. The Morgan fingerprint density at radius 3 is 2.76 bits per heavy atom. The Morgan fingerprint density at radius 2 is 2.08 bits per heavy atom. The maximum absolute atomic E-state index is 12.5. The fourth-order valence-corrected chi connectivity index (χ4v) is 3.54. The van der Waals surface area contributed by atoms with Crippen LogP contribution in [0.4, 0.5) is 5.69 Å². The maximum Gasteiger partial charge on any atom is 0.341 e. The number of aromatic nitrogens is 2. The molecule has 2 heterocycles. The van der Waals surface area contributed by atoms with Crippen molar-refractivity contribution in [2.75, 3.05) is 18.6 Å². The maximum atomic E-state index is 12.5. The molecule has 0 saturated heterocycles. The van der Waals surface area contributed by atoms with Gasteiger partial charge in [-0.25, -0.2) is 9.78 Å². The number of aryl methyl sites for hydroxylation is 2. The summed E-state index contributed by atoms with van der Waals surface area (Å²) in [6.45, 7) is 6.88. The Labute approximate surface area is 151 Å². The summed E-state index contributed by atoms with van der Waals surface area (Å²) in [5.74, 6) is -0.351. The molecule has 0 unspecified atom stereocenters. The lowest BCUT2D eigenvalue weighted by molar-refractivity contribution is 0.0527. The van der Waals surface area contributed by atoms with E-state index in [4.69, 9.17) is 4.74 Å². The third-order valence-corrected chi connectivity index (χ3v) is 5.03. The first-order valence-corrected chi connectivity index (χ1v) is 9.06. The predicted octanol–water partition coefficient (Wildman–Crippen LogP) is 4.12. The topological polar surface area (TPSA) is 55.3 Å². The molecule has 0 spiro atoms. The Bertz CT molecular complexity index is 907. The van der Waals surface area contributed by atoms with Gasteiger partial charge in [-0.05, 0) is 31.9 Å². The summed E-state index contributed by atoms with van der Waals surface area (Å²) >= 11 is 1.60. The van der Waals surface area contributed by atoms with Crippen molar-refractivity contribution < 1.29 is 9.53 Å². The van der Waals surface area contributed by atoms with Gasteiger partial charge in [-0.2, -0.15) is 0 Å². The van der Waals surface area contributed by atoms with Crippen LogP contribution in [0.25, 0.3) is 10.9 Å². The Balaban J connectivity index is 2.18. The highest BCUT2D eigenvalue weighted by Crippen LogP contribution is 2.33. The second-order valence-electron chi connectivity index (χ2n) is 5.93. The minimum Gasteiger partial charge on any atom is -0.462 e. The van der Waals surface area contributed by atoms with Gasteiger partial charge in [-0.3, -0.25) is 4.98 Å². The molecular formula is C19H21N3O2S. The molecule has 0 bridgehead atoms. The molecule has 6 heteroatoms. The zero-order valence-electron chi connectivity index (χ0n) is 14.9. The molecule has 3 rings (SSSR count). The van der Waals surface area contributed by atoms with E-state index >= 15 is 0 Å². The standard InChI is InChI=1S/C19H21N3O2S/c1-5-24-19(23)15-10-21-17-13(3)12(2)6-7-14(17)18(15)22(4)11-16-20-8-9-25-16/h6-10H,5,11H2,1-4H3. The first kappa shape index (κ1) is 17.4. The summed E-state index contributed by atoms with van der Waals surface area (Å²) < 4.78 is 5.24. The molecular weight excluding hydrogens is 334 g/mol. The number of hydrogen-bond acceptors (Lipinski definition) is 6. The number of carbonyl (C=O) groups is 1. The quantitative estimate of drug-likeness (QED) is 0.644. The van der Waals surface area contributed by atoms with E-state index in [0.717, 1.165) is 27.2 Å². The molecule has 0 aliphatic carbocycles. The van der Waals surface area contributed by atoms with Crippen LogP contribution in [0.1, 0.15) is 33.4 Å². The minimum atomic E-state index is -0.351. The van der Waals surface area contributed by atoms with Gasteiger partial charge in [0.15, 0.2) is 0 Å². The molecule has 0 atom stereocenters. The van der Waals surface area contributed by atoms with E-state index in [9.17, 15) is 4.79 Å². The number of carbonyl (C=O) groups excluding carboxylic acids is 1. The van der Waals surface area contributed by atoms with Crippen LogP contribution in [0, 0.1) is 13.8 Å². The van der Waals surface area contributed by atoms with Crippen molar-refractivity contribution in [3.63, 3.8) is 0 Å². The zero-order valence-corrected chi connectivity index (χ0v) is 15.7. The minimum absolute atomic E-state index is 0.333. The monoisotopic (exact) mass is 355 g/mol. The van der Waals surface area contributed by atoms with Gasteiger partial charge in [0.1, 0.15) is 10.6 Å². The van der Waals surface area contributed by atoms with Gasteiger partial charge in [-0.1, -0.05) is 12.1 Å². The normalized spacial score (nSPS) is 10.9. The number of anilines is 1. The molecule has 5 nitrogen and oxygen atoms in total. The summed E-state index contributed by atoms with van der Waals surface area (Å²) in [7, 11) is 1.97. The molecule has 3 aromatic rings. The van der Waals surface area contributed by atoms with Crippen molar-refractivity contribution in [2.24, 2.45) is 0 Å². The van der Waals surface area contributed by atoms with Crippen molar-refractivity contribution in [1.82, 2.24) is 9.97 Å². The van der Waals surface area contributed by atoms with Crippen LogP contribution in [0.3, 0.4) is 0 Å². The van der Waals surface area contributed by atoms with Crippen molar-refractivity contribution in [2.45, 2.75) is 27.3 Å². The van der Waals surface area contributed by atoms with Gasteiger partial charge in [-0.15, -0.1) is 11.3 Å². The van der Waals surface area contributed by atoms with Crippen LogP contribution in [0.15, 0.2) is 29.9 Å². The summed E-state index contributed by atoms with van der Waals surface area (Å²) in [6.07, 6.45) is 3.42. The first-order chi connectivity index (χ1) is 12.0. The van der Waals surface area contributed by atoms with Gasteiger partial charge < -0.3 is 9.64 Å². The Morgan fingerprint density at radius 1 is 1.28 bits per heavy atom. The van der Waals surface area contributed by atoms with E-state index < -0.39 is 0 Å². The molecule has 0 radical (unpaired) electrons. The van der Waals surface area contributed by atoms with E-state index in [1.807, 2.05) is 23.4 Å². The lowest BCUT2D eigenvalue weighted by atomic mass is 10.0. The number of benzene rings is 1. The number of rotatable bonds is 5. The third kappa shape index (κ3) is 3.35. The van der Waals surface area contributed by atoms with E-state index in [1.54, 1.807) is 30.7 Å². The van der Waals surface area contributed by atoms with Crippen molar-refractivity contribution >= 4 is 33.9 Å². The van der Waals surface area contributed by atoms with Crippen LogP contribution in [-0.2, 0) is 11.3 Å². The summed E-state index contributed by atoms with van der Waals surface area (Å²) in [5.41, 5.74) is 4.53. The van der Waals surface area contributed by atoms with Gasteiger partial charge in [0.05, 0.1) is 24.4 Å². The van der Waals surface area contributed by atoms with Crippen LogP contribution >= 0.6 is 11.3 Å².